The Kier molecular flexibility index (Phi) is 4.52. The van der Waals surface area contributed by atoms with Crippen molar-refractivity contribution in [3.05, 3.63) is 48.0 Å². The Labute approximate surface area is 113 Å². The van der Waals surface area contributed by atoms with Gasteiger partial charge in [0.2, 0.25) is 10.0 Å². The molecule has 5 heteroatoms. The predicted octanol–water partition coefficient (Wildman–Crippen LogP) is 1.64. The maximum atomic E-state index is 11.7. The third-order valence-corrected chi connectivity index (χ3v) is 4.34. The third-order valence-electron chi connectivity index (χ3n) is 2.93. The molecule has 0 fully saturated rings. The summed E-state index contributed by atoms with van der Waals surface area (Å²) in [5, 5.41) is 10.8. The summed E-state index contributed by atoms with van der Waals surface area (Å²) in [5.74, 6) is -0.0474. The fourth-order valence-corrected chi connectivity index (χ4v) is 2.99. The molecule has 4 nitrogen and oxygen atoms in total. The summed E-state index contributed by atoms with van der Waals surface area (Å²) in [6.07, 6.45) is 0.255. The highest BCUT2D eigenvalue weighted by Crippen LogP contribution is 2.18. The minimum absolute atomic E-state index is 0.0474. The molecule has 0 atom stereocenters. The first-order chi connectivity index (χ1) is 9.12. The topological polar surface area (TPSA) is 66.4 Å². The Hall–Kier alpha value is -1.43. The first-order valence-electron chi connectivity index (χ1n) is 6.17. The van der Waals surface area contributed by atoms with Crippen LogP contribution in [0.2, 0.25) is 0 Å². The zero-order chi connectivity index (χ0) is 13.7. The van der Waals surface area contributed by atoms with Gasteiger partial charge in [-0.3, -0.25) is 0 Å². The number of aliphatic hydroxyl groups excluding tert-OH is 1. The summed E-state index contributed by atoms with van der Waals surface area (Å²) >= 11 is 0. The monoisotopic (exact) mass is 279 g/mol. The molecule has 2 N–H and O–H groups in total. The van der Waals surface area contributed by atoms with Crippen LogP contribution in [0.3, 0.4) is 0 Å². The molecule has 0 spiro atoms. The molecule has 0 bridgehead atoms. The lowest BCUT2D eigenvalue weighted by Crippen LogP contribution is -2.26. The number of hydrogen-bond acceptors (Lipinski definition) is 3. The Bertz CT molecular complexity index is 647. The van der Waals surface area contributed by atoms with Crippen molar-refractivity contribution >= 4 is 20.8 Å². The SMILES string of the molecule is O=S(=O)(CCCO)NCc1cccc2ccccc12. The maximum absolute atomic E-state index is 11.7. The first kappa shape index (κ1) is 14.0. The van der Waals surface area contributed by atoms with Crippen molar-refractivity contribution in [1.82, 2.24) is 4.72 Å². The summed E-state index contributed by atoms with van der Waals surface area (Å²) < 4.78 is 25.9. The molecule has 2 rings (SSSR count). The molecule has 0 unspecified atom stereocenters. The lowest BCUT2D eigenvalue weighted by molar-refractivity contribution is 0.295. The van der Waals surface area contributed by atoms with E-state index in [9.17, 15) is 8.42 Å². The van der Waals surface area contributed by atoms with Crippen LogP contribution in [0.4, 0.5) is 0 Å². The smallest absolute Gasteiger partial charge is 0.211 e. The molecule has 19 heavy (non-hydrogen) atoms. The normalized spacial score (nSPS) is 11.8. The largest absolute Gasteiger partial charge is 0.396 e. The summed E-state index contributed by atoms with van der Waals surface area (Å²) in [4.78, 5) is 0. The van der Waals surface area contributed by atoms with Crippen molar-refractivity contribution in [2.75, 3.05) is 12.4 Å². The number of benzene rings is 2. The molecule has 2 aromatic rings. The molecule has 102 valence electrons. The second kappa shape index (κ2) is 6.14. The van der Waals surface area contributed by atoms with E-state index in [4.69, 9.17) is 5.11 Å². The van der Waals surface area contributed by atoms with Crippen molar-refractivity contribution in [3.63, 3.8) is 0 Å². The summed E-state index contributed by atoms with van der Waals surface area (Å²) in [6.45, 7) is 0.157. The van der Waals surface area contributed by atoms with E-state index in [-0.39, 0.29) is 25.3 Å². The standard InChI is InChI=1S/C14H17NO3S/c16-9-4-10-19(17,18)15-11-13-7-3-6-12-5-1-2-8-14(12)13/h1-3,5-8,15-16H,4,9-11H2. The van der Waals surface area contributed by atoms with Gasteiger partial charge in [0.1, 0.15) is 0 Å². The number of nitrogens with one attached hydrogen (secondary N) is 1. The number of sulfonamides is 1. The van der Waals surface area contributed by atoms with Crippen LogP contribution >= 0.6 is 0 Å². The molecule has 0 saturated heterocycles. The van der Waals surface area contributed by atoms with Gasteiger partial charge < -0.3 is 5.11 Å². The van der Waals surface area contributed by atoms with Crippen molar-refractivity contribution in [1.29, 1.82) is 0 Å². The fourth-order valence-electron chi connectivity index (χ4n) is 1.96. The predicted molar refractivity (Wildman–Crippen MR) is 76.3 cm³/mol. The van der Waals surface area contributed by atoms with Gasteiger partial charge in [0.15, 0.2) is 0 Å². The Morgan fingerprint density at radius 2 is 1.79 bits per heavy atom. The van der Waals surface area contributed by atoms with Gasteiger partial charge >= 0.3 is 0 Å². The van der Waals surface area contributed by atoms with Crippen molar-refractivity contribution in [2.24, 2.45) is 0 Å². The van der Waals surface area contributed by atoms with Gasteiger partial charge in [0, 0.05) is 13.2 Å². The van der Waals surface area contributed by atoms with Crippen molar-refractivity contribution < 1.29 is 13.5 Å². The Morgan fingerprint density at radius 3 is 2.58 bits per heavy atom. The van der Waals surface area contributed by atoms with E-state index in [1.54, 1.807) is 0 Å². The molecule has 0 radical (unpaired) electrons. The molecular formula is C14H17NO3S. The van der Waals surface area contributed by atoms with E-state index < -0.39 is 10.0 Å². The van der Waals surface area contributed by atoms with Gasteiger partial charge in [-0.1, -0.05) is 42.5 Å². The number of aliphatic hydroxyl groups is 1. The molecule has 0 aliphatic heterocycles. The van der Waals surface area contributed by atoms with Crippen molar-refractivity contribution in [2.45, 2.75) is 13.0 Å². The highest BCUT2D eigenvalue weighted by molar-refractivity contribution is 7.89. The van der Waals surface area contributed by atoms with Crippen LogP contribution in [0.15, 0.2) is 42.5 Å². The van der Waals surface area contributed by atoms with Gasteiger partial charge in [-0.25, -0.2) is 13.1 Å². The number of fused-ring (bicyclic) bond motifs is 1. The molecule has 0 aliphatic carbocycles. The van der Waals surface area contributed by atoms with Gasteiger partial charge in [-0.15, -0.1) is 0 Å². The van der Waals surface area contributed by atoms with Crippen LogP contribution in [-0.2, 0) is 16.6 Å². The van der Waals surface area contributed by atoms with E-state index >= 15 is 0 Å². The minimum Gasteiger partial charge on any atom is -0.396 e. The summed E-state index contributed by atoms with van der Waals surface area (Å²) in [7, 11) is -3.32. The first-order valence-corrected chi connectivity index (χ1v) is 7.82. The zero-order valence-electron chi connectivity index (χ0n) is 10.5. The van der Waals surface area contributed by atoms with Crippen LogP contribution < -0.4 is 4.72 Å². The van der Waals surface area contributed by atoms with Crippen LogP contribution in [-0.4, -0.2) is 25.9 Å². The van der Waals surface area contributed by atoms with E-state index in [1.165, 1.54) is 0 Å². The molecule has 0 amide bonds. The maximum Gasteiger partial charge on any atom is 0.211 e. The Balaban J connectivity index is 2.14. The molecule has 2 aromatic carbocycles. The molecule has 0 aromatic heterocycles. The third kappa shape index (κ3) is 3.76. The quantitative estimate of drug-likeness (QED) is 0.845. The van der Waals surface area contributed by atoms with Crippen LogP contribution in [0.1, 0.15) is 12.0 Å². The Morgan fingerprint density at radius 1 is 1.05 bits per heavy atom. The highest BCUT2D eigenvalue weighted by Gasteiger charge is 2.10. The van der Waals surface area contributed by atoms with Crippen LogP contribution in [0.5, 0.6) is 0 Å². The molecular weight excluding hydrogens is 262 g/mol. The van der Waals surface area contributed by atoms with E-state index in [1.807, 2.05) is 42.5 Å². The molecule has 0 heterocycles. The summed E-state index contributed by atoms with van der Waals surface area (Å²) in [6, 6.07) is 13.7. The number of hydrogen-bond donors (Lipinski definition) is 2. The van der Waals surface area contributed by atoms with Crippen LogP contribution in [0, 0.1) is 0 Å². The van der Waals surface area contributed by atoms with E-state index in [2.05, 4.69) is 4.72 Å². The van der Waals surface area contributed by atoms with Crippen molar-refractivity contribution in [3.8, 4) is 0 Å². The molecule has 0 aliphatic rings. The zero-order valence-corrected chi connectivity index (χ0v) is 11.4. The van der Waals surface area contributed by atoms with Gasteiger partial charge in [-0.2, -0.15) is 0 Å². The van der Waals surface area contributed by atoms with Gasteiger partial charge in [-0.05, 0) is 22.8 Å². The minimum atomic E-state index is -3.32. The fraction of sp³-hybridized carbons (Fsp3) is 0.286. The number of rotatable bonds is 6. The average molecular weight is 279 g/mol. The lowest BCUT2D eigenvalue weighted by Gasteiger charge is -2.08. The lowest BCUT2D eigenvalue weighted by atomic mass is 10.1. The van der Waals surface area contributed by atoms with Crippen LogP contribution in [0.25, 0.3) is 10.8 Å². The van der Waals surface area contributed by atoms with Gasteiger partial charge in [0.25, 0.3) is 0 Å². The second-order valence-electron chi connectivity index (χ2n) is 4.36. The molecule has 0 saturated carbocycles. The van der Waals surface area contributed by atoms with Gasteiger partial charge in [0.05, 0.1) is 5.75 Å². The van der Waals surface area contributed by atoms with E-state index in [0.29, 0.717) is 0 Å². The van der Waals surface area contributed by atoms with E-state index in [0.717, 1.165) is 16.3 Å². The summed E-state index contributed by atoms with van der Waals surface area (Å²) in [5.41, 5.74) is 0.950. The average Bonchev–Trinajstić information content (AvgIpc) is 2.43. The highest BCUT2D eigenvalue weighted by atomic mass is 32.2. The second-order valence-corrected chi connectivity index (χ2v) is 6.28.